The third-order valence-corrected chi connectivity index (χ3v) is 11.8. The van der Waals surface area contributed by atoms with Gasteiger partial charge in [0.2, 0.25) is 5.91 Å². The van der Waals surface area contributed by atoms with E-state index in [-0.39, 0.29) is 52.5 Å². The highest BCUT2D eigenvalue weighted by Gasteiger charge is 2.67. The average molecular weight is 518 g/mol. The molecule has 0 spiro atoms. The van der Waals surface area contributed by atoms with Crippen LogP contribution in [-0.4, -0.2) is 60.8 Å². The highest BCUT2D eigenvalue weighted by atomic mass is 16.6. The SMILES string of the molecule is CNC(=O)[C@H]1CC[C@]2(N)[C@@H]3CC[C@@H]4C[C@@H](OC(=O)N5CCCC(OC(C)=O)C5)CC[C@]4(C)[C@H]3CC[C@]12C. The minimum absolute atomic E-state index is 0.0133. The van der Waals surface area contributed by atoms with Gasteiger partial charge >= 0.3 is 12.1 Å². The molecule has 4 aliphatic carbocycles. The van der Waals surface area contributed by atoms with Crippen LogP contribution in [0.2, 0.25) is 0 Å². The first-order chi connectivity index (χ1) is 17.5. The molecule has 2 amide bonds. The summed E-state index contributed by atoms with van der Waals surface area (Å²) < 4.78 is 11.4. The summed E-state index contributed by atoms with van der Waals surface area (Å²) in [5, 5.41) is 2.90. The van der Waals surface area contributed by atoms with Crippen molar-refractivity contribution in [3.8, 4) is 0 Å². The number of nitrogens with one attached hydrogen (secondary N) is 1. The van der Waals surface area contributed by atoms with E-state index in [2.05, 4.69) is 19.2 Å². The standard InChI is InChI=1S/C29H47N3O5/c1-18(33)36-21-6-5-15-32(17-21)26(35)37-20-9-12-27(2)19(16-20)7-8-23-22(27)10-13-28(3)24(25(34)31-4)11-14-29(23,28)30/h19-24H,5-17,30H2,1-4H3,(H,31,34)/t19-,20+,21?,22+,23-,24-,27+,28-,29+/m1/s1. The molecule has 208 valence electrons. The van der Waals surface area contributed by atoms with E-state index in [0.29, 0.717) is 30.8 Å². The first kappa shape index (κ1) is 26.8. The third kappa shape index (κ3) is 4.35. The Morgan fingerprint density at radius 2 is 1.70 bits per heavy atom. The first-order valence-corrected chi connectivity index (χ1v) is 14.6. The minimum Gasteiger partial charge on any atom is -0.461 e. The molecule has 37 heavy (non-hydrogen) atoms. The quantitative estimate of drug-likeness (QED) is 0.548. The molecule has 1 saturated heterocycles. The molecule has 1 unspecified atom stereocenters. The molecule has 8 nitrogen and oxygen atoms in total. The molecule has 0 aromatic rings. The molecule has 0 aromatic carbocycles. The summed E-state index contributed by atoms with van der Waals surface area (Å²) in [4.78, 5) is 38.8. The van der Waals surface area contributed by atoms with Crippen molar-refractivity contribution < 1.29 is 23.9 Å². The smallest absolute Gasteiger partial charge is 0.410 e. The van der Waals surface area contributed by atoms with Gasteiger partial charge in [0.15, 0.2) is 0 Å². The highest BCUT2D eigenvalue weighted by molar-refractivity contribution is 5.80. The van der Waals surface area contributed by atoms with Crippen molar-refractivity contribution in [2.75, 3.05) is 20.1 Å². The van der Waals surface area contributed by atoms with Crippen molar-refractivity contribution in [3.63, 3.8) is 0 Å². The fraction of sp³-hybridized carbons (Fsp3) is 0.897. The predicted octanol–water partition coefficient (Wildman–Crippen LogP) is 4.01. The van der Waals surface area contributed by atoms with Crippen LogP contribution in [0.1, 0.15) is 91.4 Å². The number of amides is 2. The molecular weight excluding hydrogens is 470 g/mol. The molecule has 1 aliphatic heterocycles. The largest absolute Gasteiger partial charge is 0.461 e. The molecule has 5 fully saturated rings. The van der Waals surface area contributed by atoms with Gasteiger partial charge in [0, 0.05) is 32.0 Å². The topological polar surface area (TPSA) is 111 Å². The second kappa shape index (κ2) is 9.73. The highest BCUT2D eigenvalue weighted by Crippen LogP contribution is 2.68. The van der Waals surface area contributed by atoms with Gasteiger partial charge in [-0.15, -0.1) is 0 Å². The number of piperidine rings is 1. The van der Waals surface area contributed by atoms with E-state index in [1.165, 1.54) is 6.92 Å². The number of hydrogen-bond acceptors (Lipinski definition) is 6. The van der Waals surface area contributed by atoms with Crippen molar-refractivity contribution in [2.24, 2.45) is 40.2 Å². The number of fused-ring (bicyclic) bond motifs is 5. The second-order valence-corrected chi connectivity index (χ2v) is 13.3. The third-order valence-electron chi connectivity index (χ3n) is 11.8. The van der Waals surface area contributed by atoms with Gasteiger partial charge in [-0.2, -0.15) is 0 Å². The van der Waals surface area contributed by atoms with Gasteiger partial charge in [-0.05, 0) is 99.2 Å². The lowest BCUT2D eigenvalue weighted by Gasteiger charge is -2.64. The fourth-order valence-electron chi connectivity index (χ4n) is 9.64. The van der Waals surface area contributed by atoms with Gasteiger partial charge in [0.05, 0.1) is 6.54 Å². The molecule has 1 heterocycles. The normalized spacial score (nSPS) is 45.2. The Labute approximate surface area is 221 Å². The van der Waals surface area contributed by atoms with Gasteiger partial charge < -0.3 is 25.4 Å². The maximum atomic E-state index is 13.0. The van der Waals surface area contributed by atoms with E-state index in [1.54, 1.807) is 11.9 Å². The Bertz CT molecular complexity index is 927. The Morgan fingerprint density at radius 1 is 0.919 bits per heavy atom. The van der Waals surface area contributed by atoms with E-state index in [9.17, 15) is 14.4 Å². The lowest BCUT2D eigenvalue weighted by Crippen LogP contribution is -2.67. The number of nitrogens with two attached hydrogens (primary N) is 1. The average Bonchev–Trinajstić information content (AvgIpc) is 3.14. The minimum atomic E-state index is -0.300. The van der Waals surface area contributed by atoms with Gasteiger partial charge in [-0.25, -0.2) is 4.79 Å². The number of carbonyl (C=O) groups is 3. The van der Waals surface area contributed by atoms with Crippen LogP contribution in [0.4, 0.5) is 4.79 Å². The number of nitrogens with zero attached hydrogens (tertiary/aromatic N) is 1. The van der Waals surface area contributed by atoms with Crippen LogP contribution in [0.15, 0.2) is 0 Å². The maximum absolute atomic E-state index is 13.0. The van der Waals surface area contributed by atoms with Crippen LogP contribution in [0, 0.1) is 34.5 Å². The predicted molar refractivity (Wildman–Crippen MR) is 139 cm³/mol. The van der Waals surface area contributed by atoms with E-state index in [1.807, 2.05) is 0 Å². The molecule has 3 N–H and O–H groups in total. The zero-order valence-electron chi connectivity index (χ0n) is 23.2. The number of ether oxygens (including phenoxy) is 2. The molecule has 9 atom stereocenters. The Morgan fingerprint density at radius 3 is 2.43 bits per heavy atom. The summed E-state index contributed by atoms with van der Waals surface area (Å²) in [6.45, 7) is 7.25. The summed E-state index contributed by atoms with van der Waals surface area (Å²) in [6.07, 6.45) is 10.1. The Kier molecular flexibility index (Phi) is 7.04. The second-order valence-electron chi connectivity index (χ2n) is 13.3. The van der Waals surface area contributed by atoms with Crippen LogP contribution in [-0.2, 0) is 19.1 Å². The summed E-state index contributed by atoms with van der Waals surface area (Å²) in [5.41, 5.74) is 7.14. The molecule has 0 radical (unpaired) electrons. The first-order valence-electron chi connectivity index (χ1n) is 14.6. The van der Waals surface area contributed by atoms with E-state index in [0.717, 1.165) is 70.6 Å². The summed E-state index contributed by atoms with van der Waals surface area (Å²) in [6, 6.07) is 0. The van der Waals surface area contributed by atoms with E-state index < -0.39 is 0 Å². The van der Waals surface area contributed by atoms with Crippen molar-refractivity contribution in [2.45, 2.75) is 109 Å². The zero-order chi connectivity index (χ0) is 26.6. The van der Waals surface area contributed by atoms with Crippen LogP contribution < -0.4 is 11.1 Å². The van der Waals surface area contributed by atoms with E-state index >= 15 is 0 Å². The van der Waals surface area contributed by atoms with Gasteiger partial charge in [-0.3, -0.25) is 9.59 Å². The molecule has 5 aliphatic rings. The number of hydrogen-bond donors (Lipinski definition) is 2. The Balaban J connectivity index is 1.23. The molecular formula is C29H47N3O5. The fourth-order valence-corrected chi connectivity index (χ4v) is 9.64. The monoisotopic (exact) mass is 517 g/mol. The van der Waals surface area contributed by atoms with Crippen molar-refractivity contribution in [1.29, 1.82) is 0 Å². The number of esters is 1. The van der Waals surface area contributed by atoms with Crippen LogP contribution in [0.25, 0.3) is 0 Å². The lowest BCUT2D eigenvalue weighted by atomic mass is 9.42. The van der Waals surface area contributed by atoms with Crippen molar-refractivity contribution in [1.82, 2.24) is 10.2 Å². The van der Waals surface area contributed by atoms with Gasteiger partial charge in [0.1, 0.15) is 12.2 Å². The summed E-state index contributed by atoms with van der Waals surface area (Å²) in [7, 11) is 1.74. The number of likely N-dealkylation sites (tertiary alicyclic amines) is 1. The zero-order valence-corrected chi connectivity index (χ0v) is 23.2. The van der Waals surface area contributed by atoms with Crippen LogP contribution >= 0.6 is 0 Å². The molecule has 4 saturated carbocycles. The molecule has 5 rings (SSSR count). The summed E-state index contributed by atoms with van der Waals surface area (Å²) in [5.74, 6) is 1.41. The van der Waals surface area contributed by atoms with Crippen molar-refractivity contribution >= 4 is 18.0 Å². The van der Waals surface area contributed by atoms with Gasteiger partial charge in [-0.1, -0.05) is 13.8 Å². The Hall–Kier alpha value is -1.83. The maximum Gasteiger partial charge on any atom is 0.410 e. The molecule has 0 bridgehead atoms. The van der Waals surface area contributed by atoms with Crippen LogP contribution in [0.3, 0.4) is 0 Å². The van der Waals surface area contributed by atoms with Crippen LogP contribution in [0.5, 0.6) is 0 Å². The number of rotatable bonds is 3. The molecule has 8 heteroatoms. The van der Waals surface area contributed by atoms with Gasteiger partial charge in [0.25, 0.3) is 0 Å². The van der Waals surface area contributed by atoms with E-state index in [4.69, 9.17) is 15.2 Å². The van der Waals surface area contributed by atoms with Crippen molar-refractivity contribution in [3.05, 3.63) is 0 Å². The summed E-state index contributed by atoms with van der Waals surface area (Å²) >= 11 is 0. The molecule has 0 aromatic heterocycles. The number of carbonyl (C=O) groups excluding carboxylic acids is 3. The lowest BCUT2D eigenvalue weighted by molar-refractivity contribution is -0.149.